The monoisotopic (exact) mass is 556 g/mol. The van der Waals surface area contributed by atoms with Crippen LogP contribution < -0.4 is 5.32 Å². The highest BCUT2D eigenvalue weighted by Gasteiger charge is 2.40. The average molecular weight is 557 g/mol. The van der Waals surface area contributed by atoms with Crippen LogP contribution in [-0.4, -0.2) is 28.5 Å². The number of nitrogens with zero attached hydrogens (tertiary/aromatic N) is 1. The maximum atomic E-state index is 14.4. The molecule has 6 heteroatoms. The highest BCUT2D eigenvalue weighted by Crippen LogP contribution is 2.46. The van der Waals surface area contributed by atoms with Gasteiger partial charge >= 0.3 is 0 Å². The Bertz CT molecular complexity index is 2240. The minimum absolute atomic E-state index is 0.350. The molecule has 7 aromatic rings. The minimum Gasteiger partial charge on any atom is -0.288 e. The summed E-state index contributed by atoms with van der Waals surface area (Å²) in [5.74, 6) is -1.53. The second-order valence-corrected chi connectivity index (χ2v) is 11.1. The standard InChI is InChI=1S/C37H20N2O4/c40-34-25-15-11-21-23-13-17-27-32-28(18-14-24(30(23)32)22-12-16-26(35(41)38-34)31(25)29(21)22)37(43)39(36(27)42)33(19-7-3-1-4-8-19)20-9-5-2-6-10-20/h1-18,33H,(H,38,40,41). The van der Waals surface area contributed by atoms with Crippen molar-refractivity contribution in [3.8, 4) is 0 Å². The number of benzene rings is 7. The largest absolute Gasteiger partial charge is 0.288 e. The first-order chi connectivity index (χ1) is 21.0. The van der Waals surface area contributed by atoms with Crippen molar-refractivity contribution in [1.29, 1.82) is 0 Å². The van der Waals surface area contributed by atoms with E-state index >= 15 is 0 Å². The molecule has 0 aromatic heterocycles. The van der Waals surface area contributed by atoms with E-state index in [0.717, 1.165) is 43.4 Å². The Morgan fingerprint density at radius 2 is 0.791 bits per heavy atom. The Hall–Kier alpha value is -5.88. The van der Waals surface area contributed by atoms with Gasteiger partial charge in [0.1, 0.15) is 0 Å². The van der Waals surface area contributed by atoms with Gasteiger partial charge in [0.15, 0.2) is 0 Å². The topological polar surface area (TPSA) is 83.6 Å². The van der Waals surface area contributed by atoms with Gasteiger partial charge in [-0.05, 0) is 67.7 Å². The van der Waals surface area contributed by atoms with Gasteiger partial charge in [-0.3, -0.25) is 29.4 Å². The molecule has 1 N–H and O–H groups in total. The molecule has 2 heterocycles. The number of fused-ring (bicyclic) bond motifs is 2. The molecule has 0 saturated heterocycles. The smallest absolute Gasteiger partial charge is 0.262 e. The normalized spacial score (nSPS) is 14.6. The number of hydrogen-bond acceptors (Lipinski definition) is 4. The number of carbonyl (C=O) groups excluding carboxylic acids is 4. The second-order valence-electron chi connectivity index (χ2n) is 11.1. The summed E-state index contributed by atoms with van der Waals surface area (Å²) < 4.78 is 0. The second kappa shape index (κ2) is 8.33. The van der Waals surface area contributed by atoms with Crippen LogP contribution in [0.2, 0.25) is 0 Å². The number of amides is 4. The molecule has 2 aliphatic rings. The number of imide groups is 2. The molecule has 7 aromatic carbocycles. The van der Waals surface area contributed by atoms with E-state index in [9.17, 15) is 19.2 Å². The van der Waals surface area contributed by atoms with E-state index in [1.54, 1.807) is 24.3 Å². The van der Waals surface area contributed by atoms with Crippen molar-refractivity contribution >= 4 is 66.7 Å². The third kappa shape index (κ3) is 3.01. The Labute approximate surface area is 244 Å². The van der Waals surface area contributed by atoms with E-state index in [2.05, 4.69) is 5.32 Å². The SMILES string of the molecule is O=C1NC(=O)c2ccc3c4ccc5c6c(ccc(c7ccc1c2c73)c64)C(=O)N(C(c1ccccc1)c1ccccc1)C5=O. The fourth-order valence-corrected chi connectivity index (χ4v) is 7.21. The quantitative estimate of drug-likeness (QED) is 0.144. The zero-order valence-corrected chi connectivity index (χ0v) is 22.5. The highest BCUT2D eigenvalue weighted by molar-refractivity contribution is 6.41. The van der Waals surface area contributed by atoms with Crippen LogP contribution in [0.5, 0.6) is 0 Å². The number of nitrogens with one attached hydrogen (secondary N) is 1. The Balaban J connectivity index is 1.34. The van der Waals surface area contributed by atoms with Gasteiger partial charge in [0.05, 0.1) is 6.04 Å². The molecule has 6 nitrogen and oxygen atoms in total. The molecular formula is C37H20N2O4. The Morgan fingerprint density at radius 3 is 1.21 bits per heavy atom. The van der Waals surface area contributed by atoms with Crippen LogP contribution in [0.4, 0.5) is 0 Å². The summed E-state index contributed by atoms with van der Waals surface area (Å²) in [7, 11) is 0. The average Bonchev–Trinajstić information content (AvgIpc) is 3.04. The van der Waals surface area contributed by atoms with Gasteiger partial charge < -0.3 is 0 Å². The molecule has 0 fully saturated rings. The molecule has 9 rings (SSSR count). The van der Waals surface area contributed by atoms with Crippen molar-refractivity contribution in [2.45, 2.75) is 6.04 Å². The molecule has 2 aliphatic heterocycles. The van der Waals surface area contributed by atoms with Gasteiger partial charge in [-0.25, -0.2) is 0 Å². The zero-order valence-electron chi connectivity index (χ0n) is 22.5. The summed E-state index contributed by atoms with van der Waals surface area (Å²) in [4.78, 5) is 55.7. The predicted molar refractivity (Wildman–Crippen MR) is 165 cm³/mol. The number of hydrogen-bond donors (Lipinski definition) is 1. The number of rotatable bonds is 3. The van der Waals surface area contributed by atoms with E-state index in [0.29, 0.717) is 33.0 Å². The predicted octanol–water partition coefficient (Wildman–Crippen LogP) is 7.01. The molecule has 4 amide bonds. The van der Waals surface area contributed by atoms with E-state index in [4.69, 9.17) is 0 Å². The van der Waals surface area contributed by atoms with E-state index in [-0.39, 0.29) is 11.8 Å². The van der Waals surface area contributed by atoms with Crippen molar-refractivity contribution < 1.29 is 19.2 Å². The Morgan fingerprint density at radius 1 is 0.419 bits per heavy atom. The molecule has 0 radical (unpaired) electrons. The molecule has 202 valence electrons. The van der Waals surface area contributed by atoms with Crippen LogP contribution in [0.15, 0.2) is 109 Å². The third-order valence-corrected chi connectivity index (χ3v) is 9.01. The number of carbonyl (C=O) groups is 4. The summed E-state index contributed by atoms with van der Waals surface area (Å²) >= 11 is 0. The van der Waals surface area contributed by atoms with Crippen molar-refractivity contribution in [3.05, 3.63) is 143 Å². The van der Waals surface area contributed by atoms with Crippen molar-refractivity contribution in [2.75, 3.05) is 0 Å². The van der Waals surface area contributed by atoms with Crippen LogP contribution in [0.25, 0.3) is 43.1 Å². The van der Waals surface area contributed by atoms with E-state index < -0.39 is 17.9 Å². The third-order valence-electron chi connectivity index (χ3n) is 9.01. The summed E-state index contributed by atoms with van der Waals surface area (Å²) in [6, 6.07) is 33.4. The molecule has 0 unspecified atom stereocenters. The summed E-state index contributed by atoms with van der Waals surface area (Å²) in [5.41, 5.74) is 3.54. The van der Waals surface area contributed by atoms with Crippen LogP contribution in [0, 0.1) is 0 Å². The Kier molecular flexibility index (Phi) is 4.61. The van der Waals surface area contributed by atoms with Crippen LogP contribution in [0.3, 0.4) is 0 Å². The maximum Gasteiger partial charge on any atom is 0.262 e. The molecule has 0 aliphatic carbocycles. The van der Waals surface area contributed by atoms with Crippen LogP contribution in [-0.2, 0) is 0 Å². The molecule has 0 spiro atoms. The fraction of sp³-hybridized carbons (Fsp3) is 0.0270. The van der Waals surface area contributed by atoms with Crippen LogP contribution in [0.1, 0.15) is 58.6 Å². The van der Waals surface area contributed by atoms with E-state index in [1.165, 1.54) is 4.90 Å². The zero-order chi connectivity index (χ0) is 29.0. The summed E-state index contributed by atoms with van der Waals surface area (Å²) in [6.07, 6.45) is 0. The minimum atomic E-state index is -0.599. The maximum absolute atomic E-state index is 14.4. The van der Waals surface area contributed by atoms with Gasteiger partial charge in [-0.15, -0.1) is 0 Å². The first kappa shape index (κ1) is 23.8. The lowest BCUT2D eigenvalue weighted by molar-refractivity contribution is 0.0562. The lowest BCUT2D eigenvalue weighted by Gasteiger charge is -2.35. The fourth-order valence-electron chi connectivity index (χ4n) is 7.21. The molecular weight excluding hydrogens is 536 g/mol. The molecule has 0 atom stereocenters. The molecule has 43 heavy (non-hydrogen) atoms. The van der Waals surface area contributed by atoms with Gasteiger partial charge in [0.2, 0.25) is 0 Å². The summed E-state index contributed by atoms with van der Waals surface area (Å²) in [5, 5.41) is 8.81. The van der Waals surface area contributed by atoms with Gasteiger partial charge in [-0.2, -0.15) is 0 Å². The van der Waals surface area contributed by atoms with Gasteiger partial charge in [0.25, 0.3) is 23.6 Å². The van der Waals surface area contributed by atoms with Crippen LogP contribution >= 0.6 is 0 Å². The summed E-state index contributed by atoms with van der Waals surface area (Å²) in [6.45, 7) is 0. The lowest BCUT2D eigenvalue weighted by Crippen LogP contribution is -2.43. The highest BCUT2D eigenvalue weighted by atomic mass is 16.2. The van der Waals surface area contributed by atoms with Gasteiger partial charge in [0, 0.05) is 33.0 Å². The molecule has 0 bridgehead atoms. The van der Waals surface area contributed by atoms with Gasteiger partial charge in [-0.1, -0.05) is 84.9 Å². The van der Waals surface area contributed by atoms with Crippen molar-refractivity contribution in [1.82, 2.24) is 10.2 Å². The molecule has 0 saturated carbocycles. The first-order valence-corrected chi connectivity index (χ1v) is 14.1. The first-order valence-electron chi connectivity index (χ1n) is 14.1. The van der Waals surface area contributed by atoms with E-state index in [1.807, 2.05) is 84.9 Å². The van der Waals surface area contributed by atoms with Crippen molar-refractivity contribution in [2.24, 2.45) is 0 Å². The van der Waals surface area contributed by atoms with Crippen molar-refractivity contribution in [3.63, 3.8) is 0 Å². The lowest BCUT2D eigenvalue weighted by atomic mass is 9.82.